The van der Waals surface area contributed by atoms with Crippen LogP contribution in [-0.4, -0.2) is 10.8 Å². The fourth-order valence-electron chi connectivity index (χ4n) is 2.01. The van der Waals surface area contributed by atoms with Crippen molar-refractivity contribution in [2.75, 3.05) is 5.32 Å². The predicted octanol–water partition coefficient (Wildman–Crippen LogP) is 3.92. The van der Waals surface area contributed by atoms with E-state index in [0.717, 1.165) is 37.5 Å². The number of anilines is 1. The van der Waals surface area contributed by atoms with Crippen molar-refractivity contribution in [2.45, 2.75) is 31.9 Å². The molecule has 0 bridgehead atoms. The van der Waals surface area contributed by atoms with E-state index in [1.807, 2.05) is 0 Å². The molecule has 1 saturated carbocycles. The van der Waals surface area contributed by atoms with Gasteiger partial charge in [0, 0.05) is 5.71 Å². The van der Waals surface area contributed by atoms with Gasteiger partial charge in [-0.3, -0.25) is 5.43 Å². The van der Waals surface area contributed by atoms with Crippen LogP contribution in [-0.2, 0) is 6.18 Å². The van der Waals surface area contributed by atoms with Crippen LogP contribution in [0.2, 0.25) is 0 Å². The molecule has 2 N–H and O–H groups in total. The molecule has 7 heteroatoms. The lowest BCUT2D eigenvalue weighted by atomic mass is 10.2. The van der Waals surface area contributed by atoms with Gasteiger partial charge in [0.05, 0.1) is 11.3 Å². The van der Waals surface area contributed by atoms with Gasteiger partial charge in [-0.2, -0.15) is 18.3 Å². The number of hydrazone groups is 1. The summed E-state index contributed by atoms with van der Waals surface area (Å²) in [6.07, 6.45) is -0.407. The van der Waals surface area contributed by atoms with Gasteiger partial charge >= 0.3 is 6.18 Å². The standard InChI is InChI=1S/C13H14F3N3S/c14-13(15,16)10-7-3-4-8-11(10)17-12(20)19-18-9-5-1-2-6-9/h3-4,7-8H,1-2,5-6H2,(H2,17,19,20). The molecule has 20 heavy (non-hydrogen) atoms. The normalized spacial score (nSPS) is 15.1. The number of para-hydroxylation sites is 1. The van der Waals surface area contributed by atoms with Gasteiger partial charge in [-0.05, 0) is 50.0 Å². The average molecular weight is 301 g/mol. The molecule has 0 aromatic heterocycles. The third-order valence-electron chi connectivity index (χ3n) is 2.98. The van der Waals surface area contributed by atoms with Crippen LogP contribution in [0.15, 0.2) is 29.4 Å². The summed E-state index contributed by atoms with van der Waals surface area (Å²) in [4.78, 5) is 0. The molecule has 3 nitrogen and oxygen atoms in total. The van der Waals surface area contributed by atoms with Gasteiger partial charge in [-0.15, -0.1) is 0 Å². The predicted molar refractivity (Wildman–Crippen MR) is 76.7 cm³/mol. The molecule has 1 fully saturated rings. The Balaban J connectivity index is 2.02. The van der Waals surface area contributed by atoms with E-state index in [0.29, 0.717) is 0 Å². The fraction of sp³-hybridized carbons (Fsp3) is 0.385. The van der Waals surface area contributed by atoms with Crippen molar-refractivity contribution in [3.8, 4) is 0 Å². The van der Waals surface area contributed by atoms with Gasteiger partial charge in [0.15, 0.2) is 5.11 Å². The van der Waals surface area contributed by atoms with Crippen molar-refractivity contribution in [3.63, 3.8) is 0 Å². The second kappa shape index (κ2) is 6.21. The van der Waals surface area contributed by atoms with Crippen molar-refractivity contribution in [1.82, 2.24) is 5.43 Å². The first-order valence-electron chi connectivity index (χ1n) is 6.25. The van der Waals surface area contributed by atoms with Crippen LogP contribution in [0.5, 0.6) is 0 Å². The summed E-state index contributed by atoms with van der Waals surface area (Å²) < 4.78 is 38.4. The zero-order chi connectivity index (χ0) is 14.6. The summed E-state index contributed by atoms with van der Waals surface area (Å²) in [5.41, 5.74) is 2.76. The molecule has 108 valence electrons. The van der Waals surface area contributed by atoms with Crippen LogP contribution < -0.4 is 10.7 Å². The highest BCUT2D eigenvalue weighted by molar-refractivity contribution is 7.80. The number of nitrogens with one attached hydrogen (secondary N) is 2. The van der Waals surface area contributed by atoms with Crippen LogP contribution in [0.4, 0.5) is 18.9 Å². The van der Waals surface area contributed by atoms with E-state index >= 15 is 0 Å². The lowest BCUT2D eigenvalue weighted by Crippen LogP contribution is -2.26. The maximum Gasteiger partial charge on any atom is 0.418 e. The zero-order valence-corrected chi connectivity index (χ0v) is 11.4. The van der Waals surface area contributed by atoms with E-state index < -0.39 is 11.7 Å². The Bertz CT molecular complexity index is 518. The van der Waals surface area contributed by atoms with Crippen LogP contribution in [0.25, 0.3) is 0 Å². The molecular weight excluding hydrogens is 287 g/mol. The van der Waals surface area contributed by atoms with E-state index in [1.165, 1.54) is 18.2 Å². The van der Waals surface area contributed by atoms with Gasteiger partial charge in [0.1, 0.15) is 0 Å². The molecule has 0 aliphatic heterocycles. The molecule has 2 rings (SSSR count). The van der Waals surface area contributed by atoms with Gasteiger partial charge in [0.25, 0.3) is 0 Å². The highest BCUT2D eigenvalue weighted by atomic mass is 32.1. The fourth-order valence-corrected chi connectivity index (χ4v) is 2.17. The second-order valence-corrected chi connectivity index (χ2v) is 4.90. The minimum atomic E-state index is -4.42. The summed E-state index contributed by atoms with van der Waals surface area (Å²) >= 11 is 4.96. The molecular formula is C13H14F3N3S. The molecule has 0 spiro atoms. The maximum absolute atomic E-state index is 12.8. The first-order valence-corrected chi connectivity index (χ1v) is 6.66. The first kappa shape index (κ1) is 14.8. The monoisotopic (exact) mass is 301 g/mol. The minimum absolute atomic E-state index is 0.0566. The number of alkyl halides is 3. The third-order valence-corrected chi connectivity index (χ3v) is 3.17. The summed E-state index contributed by atoms with van der Waals surface area (Å²) in [5, 5.41) is 6.68. The van der Waals surface area contributed by atoms with Crippen molar-refractivity contribution in [1.29, 1.82) is 0 Å². The minimum Gasteiger partial charge on any atom is -0.331 e. The van der Waals surface area contributed by atoms with E-state index in [9.17, 15) is 13.2 Å². The van der Waals surface area contributed by atoms with E-state index in [1.54, 1.807) is 0 Å². The number of rotatable bonds is 2. The van der Waals surface area contributed by atoms with Gasteiger partial charge in [0.2, 0.25) is 0 Å². The van der Waals surface area contributed by atoms with Gasteiger partial charge in [-0.1, -0.05) is 12.1 Å². The van der Waals surface area contributed by atoms with Crippen LogP contribution in [0, 0.1) is 0 Å². The summed E-state index contributed by atoms with van der Waals surface area (Å²) in [6, 6.07) is 5.19. The van der Waals surface area contributed by atoms with Crippen molar-refractivity contribution in [3.05, 3.63) is 29.8 Å². The van der Waals surface area contributed by atoms with E-state index in [4.69, 9.17) is 12.2 Å². The van der Waals surface area contributed by atoms with Gasteiger partial charge in [-0.25, -0.2) is 0 Å². The molecule has 1 aliphatic carbocycles. The lowest BCUT2D eigenvalue weighted by Gasteiger charge is -2.14. The van der Waals surface area contributed by atoms with Crippen LogP contribution >= 0.6 is 12.2 Å². The number of nitrogens with zero attached hydrogens (tertiary/aromatic N) is 1. The topological polar surface area (TPSA) is 36.4 Å². The highest BCUT2D eigenvalue weighted by Gasteiger charge is 2.33. The molecule has 0 unspecified atom stereocenters. The van der Waals surface area contributed by atoms with Crippen molar-refractivity contribution < 1.29 is 13.2 Å². The SMILES string of the molecule is FC(F)(F)c1ccccc1NC(=S)NN=C1CCCC1. The summed E-state index contributed by atoms with van der Waals surface area (Å²) in [5.74, 6) is 0. The summed E-state index contributed by atoms with van der Waals surface area (Å²) in [7, 11) is 0. The molecule has 1 aromatic carbocycles. The quantitative estimate of drug-likeness (QED) is 0.642. The number of hydrogen-bond donors (Lipinski definition) is 2. The Morgan fingerprint density at radius 2 is 1.80 bits per heavy atom. The molecule has 0 heterocycles. The molecule has 1 aromatic rings. The number of halogens is 3. The molecule has 0 atom stereocenters. The molecule has 0 amide bonds. The summed E-state index contributed by atoms with van der Waals surface area (Å²) in [6.45, 7) is 0. The number of hydrogen-bond acceptors (Lipinski definition) is 2. The third kappa shape index (κ3) is 3.93. The van der Waals surface area contributed by atoms with E-state index in [2.05, 4.69) is 15.8 Å². The first-order chi connectivity index (χ1) is 9.47. The van der Waals surface area contributed by atoms with Crippen LogP contribution in [0.1, 0.15) is 31.2 Å². The Labute approximate surface area is 120 Å². The second-order valence-electron chi connectivity index (χ2n) is 4.49. The number of benzene rings is 1. The average Bonchev–Trinajstić information content (AvgIpc) is 2.89. The number of thiocarbonyl (C=S) groups is 1. The Kier molecular flexibility index (Phi) is 4.59. The Morgan fingerprint density at radius 1 is 1.15 bits per heavy atom. The van der Waals surface area contributed by atoms with Crippen molar-refractivity contribution >= 4 is 28.7 Å². The zero-order valence-electron chi connectivity index (χ0n) is 10.6. The molecule has 0 radical (unpaired) electrons. The van der Waals surface area contributed by atoms with Gasteiger partial charge < -0.3 is 5.32 Å². The molecule has 1 aliphatic rings. The molecule has 0 saturated heterocycles. The largest absolute Gasteiger partial charge is 0.418 e. The van der Waals surface area contributed by atoms with Crippen molar-refractivity contribution in [2.24, 2.45) is 5.10 Å². The smallest absolute Gasteiger partial charge is 0.331 e. The lowest BCUT2D eigenvalue weighted by molar-refractivity contribution is -0.136. The highest BCUT2D eigenvalue weighted by Crippen LogP contribution is 2.34. The van der Waals surface area contributed by atoms with Crippen LogP contribution in [0.3, 0.4) is 0 Å². The maximum atomic E-state index is 12.8. The Morgan fingerprint density at radius 3 is 2.45 bits per heavy atom. The van der Waals surface area contributed by atoms with E-state index in [-0.39, 0.29) is 10.8 Å². The Hall–Kier alpha value is -1.63.